The van der Waals surface area contributed by atoms with Crippen molar-refractivity contribution < 1.29 is 0 Å². The molecule has 12 heavy (non-hydrogen) atoms. The number of hydrogen-bond donors (Lipinski definition) is 1. The summed E-state index contributed by atoms with van der Waals surface area (Å²) in [4.78, 5) is 2.17. The molecule has 0 radical (unpaired) electrons. The molecule has 0 aromatic heterocycles. The first-order valence-corrected chi connectivity index (χ1v) is 5.08. The van der Waals surface area contributed by atoms with Gasteiger partial charge in [0, 0.05) is 19.5 Å². The van der Waals surface area contributed by atoms with Gasteiger partial charge in [-0.05, 0) is 19.8 Å². The van der Waals surface area contributed by atoms with E-state index in [1.54, 1.807) is 0 Å². The summed E-state index contributed by atoms with van der Waals surface area (Å²) in [7, 11) is 0. The Kier molecular flexibility index (Phi) is 6.82. The Balaban J connectivity index is 3.71. The third-order valence-electron chi connectivity index (χ3n) is 2.03. The molecule has 0 saturated carbocycles. The molecule has 0 atom stereocenters. The van der Waals surface area contributed by atoms with E-state index < -0.39 is 0 Å². The average molecular weight is 170 g/mol. The van der Waals surface area contributed by atoms with Crippen LogP contribution in [0.3, 0.4) is 0 Å². The molecule has 0 fully saturated rings. The molecule has 1 N–H and O–H groups in total. The standard InChI is InChI=1S/C10H22N2/c1-4-7-9-12(6-3)10(11)8-5-2/h11H,4-9H2,1-3H3. The Bertz CT molecular complexity index is 121. The summed E-state index contributed by atoms with van der Waals surface area (Å²) >= 11 is 0. The number of amidine groups is 1. The lowest BCUT2D eigenvalue weighted by Gasteiger charge is -2.22. The third kappa shape index (κ3) is 4.37. The van der Waals surface area contributed by atoms with Crippen molar-refractivity contribution in [3.63, 3.8) is 0 Å². The lowest BCUT2D eigenvalue weighted by atomic mass is 10.2. The van der Waals surface area contributed by atoms with Gasteiger partial charge in [-0.15, -0.1) is 0 Å². The largest absolute Gasteiger partial charge is 0.361 e. The molecule has 2 nitrogen and oxygen atoms in total. The van der Waals surface area contributed by atoms with Crippen LogP contribution < -0.4 is 0 Å². The highest BCUT2D eigenvalue weighted by Crippen LogP contribution is 2.00. The second-order valence-corrected chi connectivity index (χ2v) is 3.13. The van der Waals surface area contributed by atoms with Crippen molar-refractivity contribution in [3.05, 3.63) is 0 Å². The second kappa shape index (κ2) is 7.14. The van der Waals surface area contributed by atoms with Crippen LogP contribution in [0.25, 0.3) is 0 Å². The molecule has 0 aliphatic carbocycles. The zero-order valence-electron chi connectivity index (χ0n) is 8.69. The van der Waals surface area contributed by atoms with Gasteiger partial charge in [0.15, 0.2) is 0 Å². The maximum Gasteiger partial charge on any atom is 0.0957 e. The Hall–Kier alpha value is -0.530. The van der Waals surface area contributed by atoms with E-state index in [0.717, 1.165) is 31.8 Å². The molecule has 0 aliphatic heterocycles. The number of hydrogen-bond acceptors (Lipinski definition) is 1. The highest BCUT2D eigenvalue weighted by molar-refractivity contribution is 5.78. The minimum atomic E-state index is 0.813. The normalized spacial score (nSPS) is 9.92. The zero-order chi connectivity index (χ0) is 9.40. The maximum atomic E-state index is 7.75. The molecule has 0 unspecified atom stereocenters. The molecule has 0 aromatic carbocycles. The van der Waals surface area contributed by atoms with Crippen LogP contribution in [0.1, 0.15) is 46.5 Å². The van der Waals surface area contributed by atoms with Crippen molar-refractivity contribution in [3.8, 4) is 0 Å². The lowest BCUT2D eigenvalue weighted by molar-refractivity contribution is 0.416. The summed E-state index contributed by atoms with van der Waals surface area (Å²) in [6.45, 7) is 8.49. The van der Waals surface area contributed by atoms with Crippen molar-refractivity contribution in [2.45, 2.75) is 46.5 Å². The van der Waals surface area contributed by atoms with E-state index >= 15 is 0 Å². The van der Waals surface area contributed by atoms with Crippen LogP contribution in [-0.2, 0) is 0 Å². The van der Waals surface area contributed by atoms with Gasteiger partial charge in [0.2, 0.25) is 0 Å². The Labute approximate surface area is 76.5 Å². The molecular formula is C10H22N2. The van der Waals surface area contributed by atoms with Gasteiger partial charge in [-0.3, -0.25) is 5.41 Å². The minimum Gasteiger partial charge on any atom is -0.361 e. The van der Waals surface area contributed by atoms with Crippen LogP contribution >= 0.6 is 0 Å². The highest BCUT2D eigenvalue weighted by Gasteiger charge is 2.04. The molecule has 0 heterocycles. The molecule has 0 saturated heterocycles. The van der Waals surface area contributed by atoms with Crippen LogP contribution in [0.15, 0.2) is 0 Å². The summed E-state index contributed by atoms with van der Waals surface area (Å²) in [5.41, 5.74) is 0. The van der Waals surface area contributed by atoms with Crippen LogP contribution in [0.4, 0.5) is 0 Å². The SMILES string of the molecule is CCCCN(CC)C(=N)CCC. The summed E-state index contributed by atoms with van der Waals surface area (Å²) in [5, 5.41) is 7.75. The van der Waals surface area contributed by atoms with E-state index in [4.69, 9.17) is 5.41 Å². The van der Waals surface area contributed by atoms with Crippen molar-refractivity contribution in [2.75, 3.05) is 13.1 Å². The van der Waals surface area contributed by atoms with Gasteiger partial charge in [0.1, 0.15) is 0 Å². The van der Waals surface area contributed by atoms with Crippen LogP contribution in [0.5, 0.6) is 0 Å². The van der Waals surface area contributed by atoms with Gasteiger partial charge in [0.25, 0.3) is 0 Å². The second-order valence-electron chi connectivity index (χ2n) is 3.13. The Morgan fingerprint density at radius 1 is 1.17 bits per heavy atom. The number of rotatable bonds is 6. The predicted octanol–water partition coefficient (Wildman–Crippen LogP) is 2.89. The van der Waals surface area contributed by atoms with Crippen molar-refractivity contribution in [1.82, 2.24) is 4.90 Å². The van der Waals surface area contributed by atoms with Gasteiger partial charge in [0.05, 0.1) is 5.84 Å². The molecular weight excluding hydrogens is 148 g/mol. The zero-order valence-corrected chi connectivity index (χ0v) is 8.69. The smallest absolute Gasteiger partial charge is 0.0957 e. The van der Waals surface area contributed by atoms with Gasteiger partial charge < -0.3 is 4.90 Å². The van der Waals surface area contributed by atoms with Crippen molar-refractivity contribution in [1.29, 1.82) is 5.41 Å². The van der Waals surface area contributed by atoms with Gasteiger partial charge in [-0.2, -0.15) is 0 Å². The summed E-state index contributed by atoms with van der Waals surface area (Å²) in [6, 6.07) is 0. The molecule has 0 spiro atoms. The van der Waals surface area contributed by atoms with E-state index in [9.17, 15) is 0 Å². The van der Waals surface area contributed by atoms with E-state index in [-0.39, 0.29) is 0 Å². The third-order valence-corrected chi connectivity index (χ3v) is 2.03. The lowest BCUT2D eigenvalue weighted by Crippen LogP contribution is -2.30. The monoisotopic (exact) mass is 170 g/mol. The molecule has 0 rings (SSSR count). The topological polar surface area (TPSA) is 27.1 Å². The van der Waals surface area contributed by atoms with E-state index in [1.165, 1.54) is 12.8 Å². The quantitative estimate of drug-likeness (QED) is 0.481. The van der Waals surface area contributed by atoms with E-state index in [1.807, 2.05) is 0 Å². The molecule has 72 valence electrons. The first-order chi connectivity index (χ1) is 5.76. The van der Waals surface area contributed by atoms with Gasteiger partial charge >= 0.3 is 0 Å². The summed E-state index contributed by atoms with van der Waals surface area (Å²) < 4.78 is 0. The van der Waals surface area contributed by atoms with Crippen molar-refractivity contribution >= 4 is 5.84 Å². The average Bonchev–Trinajstić information content (AvgIpc) is 2.06. The molecule has 0 amide bonds. The molecule has 2 heteroatoms. The molecule has 0 bridgehead atoms. The Morgan fingerprint density at radius 3 is 2.25 bits per heavy atom. The Morgan fingerprint density at radius 2 is 1.83 bits per heavy atom. The molecule has 0 aliphatic rings. The highest BCUT2D eigenvalue weighted by atomic mass is 15.2. The summed E-state index contributed by atoms with van der Waals surface area (Å²) in [6.07, 6.45) is 4.44. The van der Waals surface area contributed by atoms with Crippen LogP contribution in [0.2, 0.25) is 0 Å². The first kappa shape index (κ1) is 11.5. The summed E-state index contributed by atoms with van der Waals surface area (Å²) in [5.74, 6) is 0.813. The fraction of sp³-hybridized carbons (Fsp3) is 0.900. The maximum absolute atomic E-state index is 7.75. The van der Waals surface area contributed by atoms with Crippen molar-refractivity contribution in [2.24, 2.45) is 0 Å². The van der Waals surface area contributed by atoms with E-state index in [2.05, 4.69) is 25.7 Å². The fourth-order valence-electron chi connectivity index (χ4n) is 1.23. The van der Waals surface area contributed by atoms with Gasteiger partial charge in [-0.1, -0.05) is 20.3 Å². The number of nitrogens with zero attached hydrogens (tertiary/aromatic N) is 1. The minimum absolute atomic E-state index is 0.813. The van der Waals surface area contributed by atoms with Crippen LogP contribution in [0, 0.1) is 5.41 Å². The molecule has 0 aromatic rings. The first-order valence-electron chi connectivity index (χ1n) is 5.08. The predicted molar refractivity (Wildman–Crippen MR) is 54.8 cm³/mol. The van der Waals surface area contributed by atoms with Crippen LogP contribution in [-0.4, -0.2) is 23.8 Å². The van der Waals surface area contributed by atoms with E-state index in [0.29, 0.717) is 0 Å². The van der Waals surface area contributed by atoms with Gasteiger partial charge in [-0.25, -0.2) is 0 Å². The number of unbranched alkanes of at least 4 members (excludes halogenated alkanes) is 1. The number of nitrogens with one attached hydrogen (secondary N) is 1. The fourth-order valence-corrected chi connectivity index (χ4v) is 1.23.